The van der Waals surface area contributed by atoms with Crippen LogP contribution in [-0.2, 0) is 6.42 Å². The summed E-state index contributed by atoms with van der Waals surface area (Å²) in [5.41, 5.74) is 11.7. The number of aryl methyl sites for hydroxylation is 2. The Bertz CT molecular complexity index is 666. The molecule has 2 aromatic carbocycles. The summed E-state index contributed by atoms with van der Waals surface area (Å²) in [7, 11) is 0. The lowest BCUT2D eigenvalue weighted by Crippen LogP contribution is -2.47. The number of hydrogen-bond donors (Lipinski definition) is 1. The summed E-state index contributed by atoms with van der Waals surface area (Å²) in [5, 5.41) is 0.797. The molecule has 0 aromatic heterocycles. The Balaban J connectivity index is 1.73. The van der Waals surface area contributed by atoms with E-state index in [9.17, 15) is 0 Å². The Labute approximate surface area is 144 Å². The monoisotopic (exact) mass is 328 g/mol. The van der Waals surface area contributed by atoms with Crippen LogP contribution in [0.25, 0.3) is 0 Å². The summed E-state index contributed by atoms with van der Waals surface area (Å²) < 4.78 is 0. The lowest BCUT2D eigenvalue weighted by molar-refractivity contribution is 0.374. The van der Waals surface area contributed by atoms with E-state index >= 15 is 0 Å². The van der Waals surface area contributed by atoms with E-state index in [1.807, 2.05) is 12.1 Å². The maximum Gasteiger partial charge on any atom is 0.0406 e. The van der Waals surface area contributed by atoms with E-state index in [4.69, 9.17) is 17.3 Å². The van der Waals surface area contributed by atoms with Crippen molar-refractivity contribution >= 4 is 17.3 Å². The highest BCUT2D eigenvalue weighted by atomic mass is 35.5. The predicted octanol–water partition coefficient (Wildman–Crippen LogP) is 4.35. The van der Waals surface area contributed by atoms with Gasteiger partial charge in [-0.25, -0.2) is 0 Å². The molecule has 1 fully saturated rings. The van der Waals surface area contributed by atoms with E-state index in [-0.39, 0.29) is 6.04 Å². The van der Waals surface area contributed by atoms with E-state index < -0.39 is 0 Å². The van der Waals surface area contributed by atoms with Crippen molar-refractivity contribution in [3.8, 4) is 0 Å². The summed E-state index contributed by atoms with van der Waals surface area (Å²) >= 11 is 5.98. The number of piperidine rings is 1. The summed E-state index contributed by atoms with van der Waals surface area (Å²) in [6.07, 6.45) is 2.15. The van der Waals surface area contributed by atoms with Gasteiger partial charge in [0.2, 0.25) is 0 Å². The first kappa shape index (κ1) is 16.4. The van der Waals surface area contributed by atoms with Crippen LogP contribution in [0, 0.1) is 19.8 Å². The fourth-order valence-corrected chi connectivity index (χ4v) is 3.61. The first-order valence-electron chi connectivity index (χ1n) is 8.33. The molecule has 2 N–H and O–H groups in total. The van der Waals surface area contributed by atoms with E-state index in [1.54, 1.807) is 0 Å². The van der Waals surface area contributed by atoms with Crippen molar-refractivity contribution in [2.75, 3.05) is 18.0 Å². The number of rotatable bonds is 3. The van der Waals surface area contributed by atoms with E-state index in [0.717, 1.165) is 31.0 Å². The highest BCUT2D eigenvalue weighted by Gasteiger charge is 2.25. The van der Waals surface area contributed by atoms with E-state index in [2.05, 4.69) is 49.1 Å². The quantitative estimate of drug-likeness (QED) is 0.907. The number of halogens is 1. The summed E-state index contributed by atoms with van der Waals surface area (Å²) in [5.74, 6) is 0.585. The molecule has 1 aliphatic rings. The van der Waals surface area contributed by atoms with E-state index in [0.29, 0.717) is 5.92 Å². The lowest BCUT2D eigenvalue weighted by Gasteiger charge is -2.38. The zero-order valence-corrected chi connectivity index (χ0v) is 14.7. The molecule has 1 saturated heterocycles. The average Bonchev–Trinajstić information content (AvgIpc) is 2.52. The molecule has 0 aliphatic carbocycles. The topological polar surface area (TPSA) is 29.3 Å². The fraction of sp³-hybridized carbons (Fsp3) is 0.400. The Morgan fingerprint density at radius 3 is 2.48 bits per heavy atom. The van der Waals surface area contributed by atoms with Crippen LogP contribution in [0.3, 0.4) is 0 Å². The molecule has 2 atom stereocenters. The van der Waals surface area contributed by atoms with Gasteiger partial charge < -0.3 is 10.6 Å². The van der Waals surface area contributed by atoms with Gasteiger partial charge in [0, 0.05) is 29.8 Å². The van der Waals surface area contributed by atoms with Gasteiger partial charge in [0.25, 0.3) is 0 Å². The van der Waals surface area contributed by atoms with Crippen molar-refractivity contribution < 1.29 is 0 Å². The minimum atomic E-state index is 0.239. The third-order valence-corrected chi connectivity index (χ3v) is 5.11. The highest BCUT2D eigenvalue weighted by molar-refractivity contribution is 6.30. The Morgan fingerprint density at radius 2 is 1.78 bits per heavy atom. The molecule has 2 aromatic rings. The molecule has 0 saturated carbocycles. The number of anilines is 1. The second-order valence-corrected chi connectivity index (χ2v) is 7.30. The molecule has 122 valence electrons. The van der Waals surface area contributed by atoms with Crippen LogP contribution in [0.5, 0.6) is 0 Å². The molecule has 1 aliphatic heterocycles. The summed E-state index contributed by atoms with van der Waals surface area (Å²) in [6, 6.07) is 15.2. The van der Waals surface area contributed by atoms with Gasteiger partial charge in [-0.05, 0) is 73.6 Å². The Kier molecular flexibility index (Phi) is 4.93. The Morgan fingerprint density at radius 1 is 1.04 bits per heavy atom. The second-order valence-electron chi connectivity index (χ2n) is 6.87. The number of benzene rings is 2. The van der Waals surface area contributed by atoms with Crippen molar-refractivity contribution in [2.24, 2.45) is 11.7 Å². The van der Waals surface area contributed by atoms with Crippen LogP contribution < -0.4 is 10.6 Å². The van der Waals surface area contributed by atoms with Crippen LogP contribution in [0.4, 0.5) is 5.69 Å². The van der Waals surface area contributed by atoms with Crippen molar-refractivity contribution in [3.05, 3.63) is 64.2 Å². The van der Waals surface area contributed by atoms with Gasteiger partial charge in [-0.2, -0.15) is 0 Å². The SMILES string of the molecule is Cc1ccc(N2CC(N)CC(Cc3ccc(Cl)cc3)C2)cc1C. The van der Waals surface area contributed by atoms with E-state index in [1.165, 1.54) is 22.4 Å². The first-order chi connectivity index (χ1) is 11.0. The van der Waals surface area contributed by atoms with Crippen LogP contribution in [-0.4, -0.2) is 19.1 Å². The van der Waals surface area contributed by atoms with Gasteiger partial charge >= 0.3 is 0 Å². The third kappa shape index (κ3) is 4.07. The smallest absolute Gasteiger partial charge is 0.0406 e. The molecular weight excluding hydrogens is 304 g/mol. The minimum absolute atomic E-state index is 0.239. The van der Waals surface area contributed by atoms with Crippen LogP contribution in [0.1, 0.15) is 23.1 Å². The van der Waals surface area contributed by atoms with Crippen molar-refractivity contribution in [2.45, 2.75) is 32.7 Å². The summed E-state index contributed by atoms with van der Waals surface area (Å²) in [4.78, 5) is 2.45. The highest BCUT2D eigenvalue weighted by Crippen LogP contribution is 2.27. The molecule has 3 rings (SSSR count). The van der Waals surface area contributed by atoms with Gasteiger partial charge in [-0.1, -0.05) is 29.8 Å². The zero-order chi connectivity index (χ0) is 16.4. The predicted molar refractivity (Wildman–Crippen MR) is 99.4 cm³/mol. The average molecular weight is 329 g/mol. The molecule has 3 heteroatoms. The first-order valence-corrected chi connectivity index (χ1v) is 8.71. The molecule has 2 unspecified atom stereocenters. The van der Waals surface area contributed by atoms with Crippen molar-refractivity contribution in [1.29, 1.82) is 0 Å². The van der Waals surface area contributed by atoms with Crippen molar-refractivity contribution in [1.82, 2.24) is 0 Å². The Hall–Kier alpha value is -1.51. The third-order valence-electron chi connectivity index (χ3n) is 4.86. The standard InChI is InChI=1S/C20H25ClN2/c1-14-3-8-20(9-15(14)2)23-12-17(11-19(22)13-23)10-16-4-6-18(21)7-5-16/h3-9,17,19H,10-13,22H2,1-2H3. The van der Waals surface area contributed by atoms with Gasteiger partial charge in [-0.3, -0.25) is 0 Å². The molecule has 0 bridgehead atoms. The lowest BCUT2D eigenvalue weighted by atomic mass is 9.88. The second kappa shape index (κ2) is 6.94. The van der Waals surface area contributed by atoms with Crippen molar-refractivity contribution in [3.63, 3.8) is 0 Å². The van der Waals surface area contributed by atoms with Crippen LogP contribution in [0.2, 0.25) is 5.02 Å². The molecule has 23 heavy (non-hydrogen) atoms. The largest absolute Gasteiger partial charge is 0.370 e. The number of nitrogens with zero attached hydrogens (tertiary/aromatic N) is 1. The minimum Gasteiger partial charge on any atom is -0.370 e. The van der Waals surface area contributed by atoms with Gasteiger partial charge in [0.1, 0.15) is 0 Å². The molecule has 1 heterocycles. The normalized spacial score (nSPS) is 21.5. The van der Waals surface area contributed by atoms with Crippen LogP contribution in [0.15, 0.2) is 42.5 Å². The molecule has 0 amide bonds. The number of nitrogens with two attached hydrogens (primary N) is 1. The molecule has 2 nitrogen and oxygen atoms in total. The fourth-order valence-electron chi connectivity index (χ4n) is 3.48. The number of hydrogen-bond acceptors (Lipinski definition) is 2. The maximum atomic E-state index is 6.34. The zero-order valence-electron chi connectivity index (χ0n) is 13.9. The van der Waals surface area contributed by atoms with Crippen LogP contribution >= 0.6 is 11.6 Å². The summed E-state index contributed by atoms with van der Waals surface area (Å²) in [6.45, 7) is 6.34. The molecule has 0 radical (unpaired) electrons. The van der Waals surface area contributed by atoms with Gasteiger partial charge in [0.15, 0.2) is 0 Å². The van der Waals surface area contributed by atoms with Gasteiger partial charge in [-0.15, -0.1) is 0 Å². The van der Waals surface area contributed by atoms with Gasteiger partial charge in [0.05, 0.1) is 0 Å². The molecule has 0 spiro atoms. The maximum absolute atomic E-state index is 6.34. The molecular formula is C20H25ClN2.